The third-order valence-corrected chi connectivity index (χ3v) is 8.01. The van der Waals surface area contributed by atoms with Crippen LogP contribution < -0.4 is 15.2 Å². The minimum Gasteiger partial charge on any atom is -0.478 e. The first kappa shape index (κ1) is 27.6. The minimum atomic E-state index is -0.512. The van der Waals surface area contributed by atoms with Gasteiger partial charge in [0.15, 0.2) is 23.7 Å². The number of ether oxygens (including phenoxy) is 6. The highest BCUT2D eigenvalue weighted by Gasteiger charge is 2.28. The summed E-state index contributed by atoms with van der Waals surface area (Å²) in [7, 11) is 0. The summed E-state index contributed by atoms with van der Waals surface area (Å²) in [6.07, 6.45) is 25.6. The Morgan fingerprint density at radius 3 is 2.39 bits per heavy atom. The Bertz CT molecular complexity index is 1740. The number of hydrogen-bond acceptors (Lipinski definition) is 8. The van der Waals surface area contributed by atoms with Crippen molar-refractivity contribution in [2.75, 3.05) is 0 Å². The maximum Gasteiger partial charge on any atom is 0.351 e. The van der Waals surface area contributed by atoms with Gasteiger partial charge in [0.05, 0.1) is 5.69 Å². The van der Waals surface area contributed by atoms with E-state index in [9.17, 15) is 4.79 Å². The molecule has 0 saturated heterocycles. The van der Waals surface area contributed by atoms with Gasteiger partial charge in [-0.3, -0.25) is 4.57 Å². The van der Waals surface area contributed by atoms with Crippen molar-refractivity contribution in [2.45, 2.75) is 57.3 Å². The van der Waals surface area contributed by atoms with Crippen molar-refractivity contribution in [3.63, 3.8) is 0 Å². The second-order valence-corrected chi connectivity index (χ2v) is 10.9. The topological polar surface area (TPSA) is 90.3 Å². The first-order valence-corrected chi connectivity index (χ1v) is 14.8. The third kappa shape index (κ3) is 5.99. The molecule has 2 unspecified atom stereocenters. The Morgan fingerprint density at radius 1 is 0.864 bits per heavy atom. The predicted octanol–water partition coefficient (Wildman–Crippen LogP) is 6.62. The van der Waals surface area contributed by atoms with E-state index in [1.165, 1.54) is 36.9 Å². The van der Waals surface area contributed by atoms with Crippen LogP contribution in [0.4, 0.5) is 0 Å². The van der Waals surface area contributed by atoms with Gasteiger partial charge in [-0.05, 0) is 61.4 Å². The van der Waals surface area contributed by atoms with E-state index in [2.05, 4.69) is 35.4 Å². The molecular weight excluding hydrogens is 560 g/mol. The largest absolute Gasteiger partial charge is 0.478 e. The van der Waals surface area contributed by atoms with E-state index in [-0.39, 0.29) is 11.6 Å². The molecule has 0 amide bonds. The number of rotatable bonds is 9. The number of allylic oxidation sites excluding steroid dienone is 6. The van der Waals surface area contributed by atoms with Gasteiger partial charge < -0.3 is 28.4 Å². The Hall–Kier alpha value is -5.18. The van der Waals surface area contributed by atoms with Gasteiger partial charge in [0.2, 0.25) is 5.88 Å². The zero-order valence-electron chi connectivity index (χ0n) is 24.1. The van der Waals surface area contributed by atoms with Gasteiger partial charge >= 0.3 is 5.69 Å². The van der Waals surface area contributed by atoms with Crippen LogP contribution in [-0.4, -0.2) is 21.8 Å². The van der Waals surface area contributed by atoms with Crippen molar-refractivity contribution in [3.05, 3.63) is 137 Å². The van der Waals surface area contributed by atoms with E-state index in [0.717, 1.165) is 48.1 Å². The molecular formula is C35H32N2O7. The molecule has 224 valence electrons. The molecule has 0 N–H and O–H groups in total. The average Bonchev–Trinajstić information content (AvgIpc) is 3.08. The Kier molecular flexibility index (Phi) is 7.91. The summed E-state index contributed by atoms with van der Waals surface area (Å²) in [5.41, 5.74) is 4.71. The molecule has 2 aromatic rings. The fraction of sp³-hybridized carbons (Fsp3) is 0.257. The SMILES string of the molecule is O=c1nc(OC(CC2=CC=CCC2)C2=COC=CO2)cc2n1CCc1cc(OC(C3=CC=CCC3)C3=COC=CO3)ccc1-2. The summed E-state index contributed by atoms with van der Waals surface area (Å²) < 4.78 is 36.8. The van der Waals surface area contributed by atoms with Gasteiger partial charge in [-0.2, -0.15) is 4.98 Å². The van der Waals surface area contributed by atoms with E-state index >= 15 is 0 Å². The zero-order valence-corrected chi connectivity index (χ0v) is 24.1. The summed E-state index contributed by atoms with van der Waals surface area (Å²) in [6, 6.07) is 7.77. The molecule has 0 bridgehead atoms. The lowest BCUT2D eigenvalue weighted by Gasteiger charge is -2.27. The number of benzene rings is 1. The maximum atomic E-state index is 13.2. The molecule has 3 aliphatic heterocycles. The summed E-state index contributed by atoms with van der Waals surface area (Å²) in [5.74, 6) is 2.04. The molecule has 2 aliphatic carbocycles. The summed E-state index contributed by atoms with van der Waals surface area (Å²) >= 11 is 0. The number of aromatic nitrogens is 2. The zero-order chi connectivity index (χ0) is 29.7. The lowest BCUT2D eigenvalue weighted by Crippen LogP contribution is -2.30. The first-order chi connectivity index (χ1) is 21.7. The molecule has 1 aromatic heterocycles. The first-order valence-electron chi connectivity index (χ1n) is 14.8. The van der Waals surface area contributed by atoms with Crippen LogP contribution in [0.25, 0.3) is 11.3 Å². The maximum absolute atomic E-state index is 13.2. The van der Waals surface area contributed by atoms with Gasteiger partial charge in [0.1, 0.15) is 43.3 Å². The highest BCUT2D eigenvalue weighted by molar-refractivity contribution is 5.67. The summed E-state index contributed by atoms with van der Waals surface area (Å²) in [6.45, 7) is 0.500. The molecule has 7 rings (SSSR count). The van der Waals surface area contributed by atoms with E-state index in [1.54, 1.807) is 10.8 Å². The molecule has 4 heterocycles. The number of nitrogens with zero attached hydrogens (tertiary/aromatic N) is 2. The van der Waals surface area contributed by atoms with Crippen LogP contribution in [-0.2, 0) is 31.9 Å². The van der Waals surface area contributed by atoms with Crippen molar-refractivity contribution in [3.8, 4) is 22.9 Å². The Labute approximate surface area is 255 Å². The van der Waals surface area contributed by atoms with Gasteiger partial charge in [-0.25, -0.2) is 4.79 Å². The van der Waals surface area contributed by atoms with E-state index < -0.39 is 12.2 Å². The molecule has 0 saturated carbocycles. The van der Waals surface area contributed by atoms with E-state index in [4.69, 9.17) is 28.4 Å². The Morgan fingerprint density at radius 2 is 1.66 bits per heavy atom. The third-order valence-electron chi connectivity index (χ3n) is 8.01. The van der Waals surface area contributed by atoms with Crippen LogP contribution in [0.3, 0.4) is 0 Å². The molecule has 2 atom stereocenters. The smallest absolute Gasteiger partial charge is 0.351 e. The molecule has 0 spiro atoms. The van der Waals surface area contributed by atoms with Crippen molar-refractivity contribution in [1.82, 2.24) is 9.55 Å². The van der Waals surface area contributed by atoms with Crippen molar-refractivity contribution >= 4 is 0 Å². The molecule has 5 aliphatic rings. The lowest BCUT2D eigenvalue weighted by atomic mass is 9.96. The molecule has 44 heavy (non-hydrogen) atoms. The molecule has 0 radical (unpaired) electrons. The minimum absolute atomic E-state index is 0.234. The number of aryl methyl sites for hydroxylation is 1. The molecule has 9 nitrogen and oxygen atoms in total. The monoisotopic (exact) mass is 592 g/mol. The second-order valence-electron chi connectivity index (χ2n) is 10.9. The quantitative estimate of drug-likeness (QED) is 0.321. The second kappa shape index (κ2) is 12.6. The predicted molar refractivity (Wildman–Crippen MR) is 163 cm³/mol. The van der Waals surface area contributed by atoms with Crippen LogP contribution in [0.2, 0.25) is 0 Å². The summed E-state index contributed by atoms with van der Waals surface area (Å²) in [5, 5.41) is 0. The van der Waals surface area contributed by atoms with E-state index in [1.807, 2.05) is 30.3 Å². The van der Waals surface area contributed by atoms with Crippen LogP contribution in [0.5, 0.6) is 11.6 Å². The fourth-order valence-corrected chi connectivity index (χ4v) is 5.84. The Balaban J connectivity index is 1.16. The number of fused-ring (bicyclic) bond motifs is 3. The summed E-state index contributed by atoms with van der Waals surface area (Å²) in [4.78, 5) is 17.5. The van der Waals surface area contributed by atoms with Crippen molar-refractivity contribution in [2.24, 2.45) is 0 Å². The normalized spacial score (nSPS) is 19.3. The highest BCUT2D eigenvalue weighted by atomic mass is 16.6. The van der Waals surface area contributed by atoms with Crippen LogP contribution in [0.15, 0.2) is 126 Å². The van der Waals surface area contributed by atoms with Crippen molar-refractivity contribution < 1.29 is 28.4 Å². The van der Waals surface area contributed by atoms with Gasteiger partial charge in [-0.1, -0.05) is 42.0 Å². The average molecular weight is 593 g/mol. The van der Waals surface area contributed by atoms with Crippen LogP contribution in [0.1, 0.15) is 37.7 Å². The van der Waals surface area contributed by atoms with Crippen LogP contribution >= 0.6 is 0 Å². The molecule has 0 fully saturated rings. The number of hydrogen-bond donors (Lipinski definition) is 0. The van der Waals surface area contributed by atoms with Crippen molar-refractivity contribution in [1.29, 1.82) is 0 Å². The van der Waals surface area contributed by atoms with Crippen LogP contribution in [0, 0.1) is 0 Å². The fourth-order valence-electron chi connectivity index (χ4n) is 5.84. The van der Waals surface area contributed by atoms with E-state index in [0.29, 0.717) is 36.7 Å². The standard InChI is InChI=1S/C35H32N2O7/c38-35-36-33(44-30(31-22-39-15-17-41-31)19-24-7-3-1-4-8-24)21-29-28-12-11-27(20-26(28)13-14-37(29)35)43-34(25-9-5-2-6-10-25)32-23-40-16-18-42-32/h1-3,5,7,9,11-12,15-18,20-23,30,34H,4,6,8,10,13-14,19H2. The molecule has 9 heteroatoms. The van der Waals surface area contributed by atoms with Gasteiger partial charge in [0, 0.05) is 24.6 Å². The molecule has 1 aromatic carbocycles. The highest BCUT2D eigenvalue weighted by Crippen LogP contribution is 2.35. The van der Waals surface area contributed by atoms with Gasteiger partial charge in [0.25, 0.3) is 0 Å². The van der Waals surface area contributed by atoms with Gasteiger partial charge in [-0.15, -0.1) is 0 Å². The lowest BCUT2D eigenvalue weighted by molar-refractivity contribution is 0.135.